The van der Waals surface area contributed by atoms with Crippen LogP contribution in [0.15, 0.2) is 53.6 Å². The molecule has 0 bridgehead atoms. The van der Waals surface area contributed by atoms with Gasteiger partial charge >= 0.3 is 0 Å². The summed E-state index contributed by atoms with van der Waals surface area (Å²) in [5, 5.41) is 0. The van der Waals surface area contributed by atoms with Crippen molar-refractivity contribution in [2.45, 2.75) is 11.3 Å². The van der Waals surface area contributed by atoms with E-state index >= 15 is 0 Å². The molecule has 0 unspecified atom stereocenters. The van der Waals surface area contributed by atoms with E-state index in [2.05, 4.69) is 17.1 Å². The first-order chi connectivity index (χ1) is 9.48. The van der Waals surface area contributed by atoms with Crippen LogP contribution in [0.25, 0.3) is 0 Å². The Balaban J connectivity index is 2.16. The zero-order chi connectivity index (χ0) is 14.6. The molecule has 0 aliphatic rings. The number of sulfone groups is 1. The van der Waals surface area contributed by atoms with Crippen molar-refractivity contribution in [2.75, 3.05) is 24.7 Å². The van der Waals surface area contributed by atoms with E-state index in [9.17, 15) is 8.42 Å². The van der Waals surface area contributed by atoms with Gasteiger partial charge in [-0.05, 0) is 24.1 Å². The first-order valence-electron chi connectivity index (χ1n) is 6.38. The molecule has 0 radical (unpaired) electrons. The zero-order valence-corrected chi connectivity index (χ0v) is 12.5. The summed E-state index contributed by atoms with van der Waals surface area (Å²) < 4.78 is 23.5. The molecule has 0 amide bonds. The van der Waals surface area contributed by atoms with Gasteiger partial charge in [0.15, 0.2) is 9.84 Å². The molecule has 4 nitrogen and oxygen atoms in total. The average molecular weight is 290 g/mol. The molecule has 0 saturated carbocycles. The molecule has 2 aromatic rings. The van der Waals surface area contributed by atoms with E-state index in [-0.39, 0.29) is 4.90 Å². The lowest BCUT2D eigenvalue weighted by Gasteiger charge is -2.20. The van der Waals surface area contributed by atoms with Crippen LogP contribution in [-0.4, -0.2) is 33.2 Å². The van der Waals surface area contributed by atoms with Crippen molar-refractivity contribution in [1.82, 2.24) is 4.98 Å². The van der Waals surface area contributed by atoms with E-state index in [4.69, 9.17) is 0 Å². The minimum atomic E-state index is -3.27. The van der Waals surface area contributed by atoms with Crippen LogP contribution < -0.4 is 4.90 Å². The van der Waals surface area contributed by atoms with Crippen LogP contribution >= 0.6 is 0 Å². The largest absolute Gasteiger partial charge is 0.358 e. The third kappa shape index (κ3) is 3.57. The Morgan fingerprint density at radius 2 is 1.80 bits per heavy atom. The summed E-state index contributed by atoms with van der Waals surface area (Å²) in [5.41, 5.74) is 1.22. The predicted molar refractivity (Wildman–Crippen MR) is 80.8 cm³/mol. The van der Waals surface area contributed by atoms with Gasteiger partial charge in [-0.2, -0.15) is 0 Å². The van der Waals surface area contributed by atoms with Crippen LogP contribution in [0, 0.1) is 0 Å². The van der Waals surface area contributed by atoms with Crippen LogP contribution in [0.3, 0.4) is 0 Å². The molecular formula is C15H18N2O2S. The Bertz CT molecular complexity index is 669. The molecule has 106 valence electrons. The third-order valence-electron chi connectivity index (χ3n) is 3.09. The minimum absolute atomic E-state index is 0.274. The first-order valence-corrected chi connectivity index (χ1v) is 8.28. The van der Waals surface area contributed by atoms with Crippen molar-refractivity contribution in [3.8, 4) is 0 Å². The Morgan fingerprint density at radius 1 is 1.10 bits per heavy atom. The Kier molecular flexibility index (Phi) is 4.39. The van der Waals surface area contributed by atoms with Gasteiger partial charge in [0.1, 0.15) is 10.7 Å². The number of nitrogens with zero attached hydrogens (tertiary/aromatic N) is 2. The Labute approximate surface area is 120 Å². The van der Waals surface area contributed by atoms with Gasteiger partial charge in [-0.3, -0.25) is 0 Å². The van der Waals surface area contributed by atoms with Crippen LogP contribution in [-0.2, 0) is 16.3 Å². The summed E-state index contributed by atoms with van der Waals surface area (Å²) in [7, 11) is -1.40. The molecule has 0 atom stereocenters. The van der Waals surface area contributed by atoms with E-state index in [0.29, 0.717) is 12.4 Å². The summed E-state index contributed by atoms with van der Waals surface area (Å²) in [6.45, 7) is 0.712. The summed E-state index contributed by atoms with van der Waals surface area (Å²) in [4.78, 5) is 6.36. The number of benzene rings is 1. The van der Waals surface area contributed by atoms with Crippen molar-refractivity contribution in [3.63, 3.8) is 0 Å². The fourth-order valence-electron chi connectivity index (χ4n) is 2.01. The van der Waals surface area contributed by atoms with Crippen molar-refractivity contribution < 1.29 is 8.42 Å². The smallest absolute Gasteiger partial charge is 0.179 e. The molecule has 1 aromatic carbocycles. The van der Waals surface area contributed by atoms with Gasteiger partial charge in [-0.25, -0.2) is 13.4 Å². The van der Waals surface area contributed by atoms with Gasteiger partial charge < -0.3 is 4.90 Å². The zero-order valence-electron chi connectivity index (χ0n) is 11.7. The maximum absolute atomic E-state index is 11.8. The predicted octanol–water partition coefficient (Wildman–Crippen LogP) is 2.16. The first kappa shape index (κ1) is 14.5. The molecule has 5 heteroatoms. The fraction of sp³-hybridized carbons (Fsp3) is 0.267. The number of hydrogen-bond donors (Lipinski definition) is 0. The second kappa shape index (κ2) is 6.05. The van der Waals surface area contributed by atoms with E-state index in [1.54, 1.807) is 18.3 Å². The standard InChI is InChI=1S/C15H18N2O2S/c1-17(12-10-13-7-4-3-5-8-13)15-14(20(2,18)19)9-6-11-16-15/h3-9,11H,10,12H2,1-2H3. The van der Waals surface area contributed by atoms with Gasteiger partial charge in [0, 0.05) is 26.0 Å². The van der Waals surface area contributed by atoms with Crippen molar-refractivity contribution in [3.05, 3.63) is 54.2 Å². The molecule has 0 aliphatic heterocycles. The fourth-order valence-corrected chi connectivity index (χ4v) is 2.87. The lowest BCUT2D eigenvalue weighted by Crippen LogP contribution is -2.23. The lowest BCUT2D eigenvalue weighted by atomic mass is 10.1. The maximum atomic E-state index is 11.8. The molecule has 0 N–H and O–H groups in total. The van der Waals surface area contributed by atoms with Crippen LogP contribution in [0.4, 0.5) is 5.82 Å². The summed E-state index contributed by atoms with van der Waals surface area (Å²) in [6, 6.07) is 13.3. The molecular weight excluding hydrogens is 272 g/mol. The number of rotatable bonds is 5. The number of anilines is 1. The third-order valence-corrected chi connectivity index (χ3v) is 4.21. The summed E-state index contributed by atoms with van der Waals surface area (Å²) in [6.07, 6.45) is 3.67. The highest BCUT2D eigenvalue weighted by atomic mass is 32.2. The SMILES string of the molecule is CN(CCc1ccccc1)c1ncccc1S(C)(=O)=O. The molecule has 0 aliphatic carbocycles. The van der Waals surface area contributed by atoms with E-state index in [1.165, 1.54) is 11.8 Å². The average Bonchev–Trinajstić information content (AvgIpc) is 2.45. The topological polar surface area (TPSA) is 50.3 Å². The van der Waals surface area contributed by atoms with Crippen molar-refractivity contribution >= 4 is 15.7 Å². The highest BCUT2D eigenvalue weighted by molar-refractivity contribution is 7.90. The van der Waals surface area contributed by atoms with Crippen LogP contribution in [0.5, 0.6) is 0 Å². The molecule has 1 aromatic heterocycles. The van der Waals surface area contributed by atoms with Gasteiger partial charge in [0.2, 0.25) is 0 Å². The number of likely N-dealkylation sites (N-methyl/N-ethyl adjacent to an activating group) is 1. The maximum Gasteiger partial charge on any atom is 0.179 e. The van der Waals surface area contributed by atoms with Gasteiger partial charge in [-0.15, -0.1) is 0 Å². The minimum Gasteiger partial charge on any atom is -0.358 e. The van der Waals surface area contributed by atoms with E-state index in [1.807, 2.05) is 30.1 Å². The van der Waals surface area contributed by atoms with E-state index in [0.717, 1.165) is 6.42 Å². The highest BCUT2D eigenvalue weighted by Crippen LogP contribution is 2.21. The number of hydrogen-bond acceptors (Lipinski definition) is 4. The second-order valence-electron chi connectivity index (χ2n) is 4.75. The molecule has 0 fully saturated rings. The molecule has 1 heterocycles. The van der Waals surface area contributed by atoms with Gasteiger partial charge in [-0.1, -0.05) is 30.3 Å². The molecule has 2 rings (SSSR count). The van der Waals surface area contributed by atoms with Gasteiger partial charge in [0.25, 0.3) is 0 Å². The summed E-state index contributed by atoms with van der Waals surface area (Å²) in [5.74, 6) is 0.505. The molecule has 0 saturated heterocycles. The lowest BCUT2D eigenvalue weighted by molar-refractivity contribution is 0.601. The highest BCUT2D eigenvalue weighted by Gasteiger charge is 2.16. The quantitative estimate of drug-likeness (QED) is 0.847. The van der Waals surface area contributed by atoms with Crippen molar-refractivity contribution in [1.29, 1.82) is 0 Å². The Morgan fingerprint density at radius 3 is 2.45 bits per heavy atom. The second-order valence-corrected chi connectivity index (χ2v) is 6.74. The number of pyridine rings is 1. The van der Waals surface area contributed by atoms with E-state index < -0.39 is 9.84 Å². The monoisotopic (exact) mass is 290 g/mol. The van der Waals surface area contributed by atoms with Gasteiger partial charge in [0.05, 0.1) is 0 Å². The molecule has 20 heavy (non-hydrogen) atoms. The van der Waals surface area contributed by atoms with Crippen molar-refractivity contribution in [2.24, 2.45) is 0 Å². The normalized spacial score (nSPS) is 11.3. The van der Waals surface area contributed by atoms with Crippen LogP contribution in [0.2, 0.25) is 0 Å². The summed E-state index contributed by atoms with van der Waals surface area (Å²) >= 11 is 0. The molecule has 0 spiro atoms. The number of aromatic nitrogens is 1. The van der Waals surface area contributed by atoms with Crippen LogP contribution in [0.1, 0.15) is 5.56 Å². The Hall–Kier alpha value is -1.88.